The lowest BCUT2D eigenvalue weighted by Crippen LogP contribution is -2.53. The number of hydrogen-bond acceptors (Lipinski definition) is 2. The molecule has 118 valence electrons. The number of rotatable bonds is 3. The van der Waals surface area contributed by atoms with E-state index in [-0.39, 0.29) is 6.04 Å². The summed E-state index contributed by atoms with van der Waals surface area (Å²) in [6, 6.07) is 0.108. The van der Waals surface area contributed by atoms with Gasteiger partial charge in [0.2, 0.25) is 0 Å². The van der Waals surface area contributed by atoms with Crippen LogP contribution in [-0.2, 0) is 10.2 Å². The molecule has 5 atom stereocenters. The van der Waals surface area contributed by atoms with E-state index in [4.69, 9.17) is 0 Å². The highest BCUT2D eigenvalue weighted by atomic mass is 32.2. The lowest BCUT2D eigenvalue weighted by molar-refractivity contribution is 0.203. The summed E-state index contributed by atoms with van der Waals surface area (Å²) in [6.07, 6.45) is 4.45. The van der Waals surface area contributed by atoms with Gasteiger partial charge in [-0.3, -0.25) is 0 Å². The van der Waals surface area contributed by atoms with Crippen molar-refractivity contribution in [1.82, 2.24) is 9.03 Å². The lowest BCUT2D eigenvalue weighted by Gasteiger charge is -2.38. The van der Waals surface area contributed by atoms with Gasteiger partial charge in [0, 0.05) is 19.1 Å². The summed E-state index contributed by atoms with van der Waals surface area (Å²) in [4.78, 5) is 0. The molecular formula is C15H30N2O2S. The maximum atomic E-state index is 12.6. The molecule has 0 amide bonds. The van der Waals surface area contributed by atoms with E-state index in [0.717, 1.165) is 19.3 Å². The molecule has 20 heavy (non-hydrogen) atoms. The van der Waals surface area contributed by atoms with Gasteiger partial charge in [0.1, 0.15) is 0 Å². The first kappa shape index (κ1) is 16.2. The van der Waals surface area contributed by atoms with E-state index in [0.29, 0.717) is 36.8 Å². The van der Waals surface area contributed by atoms with Crippen molar-refractivity contribution in [3.63, 3.8) is 0 Å². The second-order valence-corrected chi connectivity index (χ2v) is 8.96. The third-order valence-corrected chi connectivity index (χ3v) is 6.76. The summed E-state index contributed by atoms with van der Waals surface area (Å²) in [6.45, 7) is 10.0. The van der Waals surface area contributed by atoms with Crippen molar-refractivity contribution in [3.05, 3.63) is 0 Å². The maximum absolute atomic E-state index is 12.6. The molecule has 1 saturated heterocycles. The predicted octanol–water partition coefficient (Wildman–Crippen LogP) is 2.62. The van der Waals surface area contributed by atoms with Crippen molar-refractivity contribution >= 4 is 10.2 Å². The Hall–Kier alpha value is -0.130. The van der Waals surface area contributed by atoms with Gasteiger partial charge in [-0.1, -0.05) is 40.5 Å². The zero-order chi connectivity index (χ0) is 14.9. The molecule has 4 nitrogen and oxygen atoms in total. The molecule has 5 heteroatoms. The van der Waals surface area contributed by atoms with E-state index in [1.54, 1.807) is 4.31 Å². The molecule has 0 aromatic rings. The van der Waals surface area contributed by atoms with Crippen LogP contribution in [-0.4, -0.2) is 31.9 Å². The Kier molecular flexibility index (Phi) is 5.14. The van der Waals surface area contributed by atoms with Crippen molar-refractivity contribution in [2.75, 3.05) is 13.1 Å². The quantitative estimate of drug-likeness (QED) is 0.871. The number of nitrogens with zero attached hydrogens (tertiary/aromatic N) is 1. The van der Waals surface area contributed by atoms with E-state index in [2.05, 4.69) is 32.4 Å². The first-order valence-electron chi connectivity index (χ1n) is 8.07. The van der Waals surface area contributed by atoms with Crippen LogP contribution in [0.15, 0.2) is 0 Å². The Balaban J connectivity index is 2.03. The highest BCUT2D eigenvalue weighted by Crippen LogP contribution is 2.30. The zero-order valence-electron chi connectivity index (χ0n) is 13.3. The van der Waals surface area contributed by atoms with Crippen LogP contribution in [0.25, 0.3) is 0 Å². The minimum Gasteiger partial charge on any atom is -0.199 e. The van der Waals surface area contributed by atoms with Gasteiger partial charge in [-0.2, -0.15) is 17.4 Å². The van der Waals surface area contributed by atoms with E-state index in [1.807, 2.05) is 0 Å². The second kappa shape index (κ2) is 6.32. The molecule has 5 unspecified atom stereocenters. The number of hydrogen-bond donors (Lipinski definition) is 1. The molecule has 2 rings (SSSR count). The standard InChI is InChI=1S/C15H30N2O2S/c1-11-8-12(2)10-17(9-11)20(18,19)16-15-7-5-6-13(3)14(15)4/h11-16H,5-10H2,1-4H3. The van der Waals surface area contributed by atoms with Gasteiger partial charge >= 0.3 is 0 Å². The van der Waals surface area contributed by atoms with Gasteiger partial charge in [-0.25, -0.2) is 0 Å². The maximum Gasteiger partial charge on any atom is 0.279 e. The summed E-state index contributed by atoms with van der Waals surface area (Å²) in [5, 5.41) is 0. The van der Waals surface area contributed by atoms with Crippen molar-refractivity contribution in [3.8, 4) is 0 Å². The fourth-order valence-electron chi connectivity index (χ4n) is 3.82. The summed E-state index contributed by atoms with van der Waals surface area (Å²) < 4.78 is 29.9. The van der Waals surface area contributed by atoms with E-state index >= 15 is 0 Å². The van der Waals surface area contributed by atoms with Crippen molar-refractivity contribution in [2.45, 2.75) is 59.4 Å². The fraction of sp³-hybridized carbons (Fsp3) is 1.00. The Morgan fingerprint density at radius 1 is 1.00 bits per heavy atom. The molecule has 0 aromatic carbocycles. The molecule has 0 radical (unpaired) electrons. The average molecular weight is 302 g/mol. The Bertz CT molecular complexity index is 414. The van der Waals surface area contributed by atoms with Crippen LogP contribution in [0.2, 0.25) is 0 Å². The summed E-state index contributed by atoms with van der Waals surface area (Å²) in [5.74, 6) is 1.95. The first-order valence-corrected chi connectivity index (χ1v) is 9.51. The second-order valence-electron chi connectivity index (χ2n) is 7.26. The van der Waals surface area contributed by atoms with Gasteiger partial charge < -0.3 is 0 Å². The third kappa shape index (κ3) is 3.74. The van der Waals surface area contributed by atoms with Crippen molar-refractivity contribution in [1.29, 1.82) is 0 Å². The molecule has 1 N–H and O–H groups in total. The molecule has 0 bridgehead atoms. The zero-order valence-corrected chi connectivity index (χ0v) is 14.1. The molecule has 2 aliphatic rings. The Morgan fingerprint density at radius 2 is 1.60 bits per heavy atom. The summed E-state index contributed by atoms with van der Waals surface area (Å²) in [7, 11) is -3.32. The Morgan fingerprint density at radius 3 is 2.20 bits per heavy atom. The lowest BCUT2D eigenvalue weighted by atomic mass is 9.78. The van der Waals surface area contributed by atoms with Crippen LogP contribution in [0, 0.1) is 23.7 Å². The highest BCUT2D eigenvalue weighted by molar-refractivity contribution is 7.87. The smallest absolute Gasteiger partial charge is 0.199 e. The molecule has 1 heterocycles. The van der Waals surface area contributed by atoms with Crippen LogP contribution in [0.3, 0.4) is 0 Å². The Labute approximate surface area is 124 Å². The molecule has 0 aromatic heterocycles. The van der Waals surface area contributed by atoms with E-state index in [1.165, 1.54) is 6.42 Å². The fourth-order valence-corrected chi connectivity index (χ4v) is 5.58. The van der Waals surface area contributed by atoms with Gasteiger partial charge in [0.25, 0.3) is 10.2 Å². The van der Waals surface area contributed by atoms with Gasteiger partial charge in [-0.15, -0.1) is 0 Å². The van der Waals surface area contributed by atoms with Crippen LogP contribution in [0.5, 0.6) is 0 Å². The molecule has 1 aliphatic heterocycles. The van der Waals surface area contributed by atoms with E-state index < -0.39 is 10.2 Å². The number of piperidine rings is 1. The SMILES string of the molecule is CC1CC(C)CN(S(=O)(=O)NC2CCCC(C)C2C)C1. The van der Waals surface area contributed by atoms with Crippen LogP contribution in [0.1, 0.15) is 53.4 Å². The van der Waals surface area contributed by atoms with Crippen molar-refractivity contribution < 1.29 is 8.42 Å². The molecule has 1 aliphatic carbocycles. The molecular weight excluding hydrogens is 272 g/mol. The highest BCUT2D eigenvalue weighted by Gasteiger charge is 2.35. The van der Waals surface area contributed by atoms with Crippen LogP contribution >= 0.6 is 0 Å². The minimum atomic E-state index is -3.32. The minimum absolute atomic E-state index is 0.108. The number of nitrogens with one attached hydrogen (secondary N) is 1. The molecule has 1 saturated carbocycles. The van der Waals surface area contributed by atoms with Crippen LogP contribution in [0.4, 0.5) is 0 Å². The third-order valence-electron chi connectivity index (χ3n) is 5.18. The topological polar surface area (TPSA) is 49.4 Å². The molecule has 0 spiro atoms. The monoisotopic (exact) mass is 302 g/mol. The predicted molar refractivity (Wildman–Crippen MR) is 82.5 cm³/mol. The largest absolute Gasteiger partial charge is 0.279 e. The normalized spacial score (nSPS) is 40.7. The molecule has 2 fully saturated rings. The van der Waals surface area contributed by atoms with Crippen molar-refractivity contribution in [2.24, 2.45) is 23.7 Å². The van der Waals surface area contributed by atoms with Gasteiger partial charge in [-0.05, 0) is 36.5 Å². The first-order chi connectivity index (χ1) is 9.29. The van der Waals surface area contributed by atoms with Gasteiger partial charge in [0.15, 0.2) is 0 Å². The average Bonchev–Trinajstić information content (AvgIpc) is 2.33. The summed E-state index contributed by atoms with van der Waals surface area (Å²) >= 11 is 0. The van der Waals surface area contributed by atoms with Crippen LogP contribution < -0.4 is 4.72 Å². The summed E-state index contributed by atoms with van der Waals surface area (Å²) in [5.41, 5.74) is 0. The van der Waals surface area contributed by atoms with Gasteiger partial charge in [0.05, 0.1) is 0 Å². The van der Waals surface area contributed by atoms with E-state index in [9.17, 15) is 8.42 Å².